The van der Waals surface area contributed by atoms with E-state index in [1.54, 1.807) is 0 Å². The van der Waals surface area contributed by atoms with E-state index in [0.29, 0.717) is 23.4 Å². The molecule has 1 aromatic heterocycles. The Labute approximate surface area is 206 Å². The van der Waals surface area contributed by atoms with Crippen molar-refractivity contribution in [3.63, 3.8) is 0 Å². The Morgan fingerprint density at radius 1 is 1.09 bits per heavy atom. The maximum Gasteiger partial charge on any atom is 0.258 e. The van der Waals surface area contributed by atoms with Gasteiger partial charge in [-0.15, -0.1) is 0 Å². The maximum atomic E-state index is 5.90. The summed E-state index contributed by atoms with van der Waals surface area (Å²) >= 11 is 5.82. The second-order valence-electron chi connectivity index (χ2n) is 9.01. The largest absolute Gasteiger partial charge is 0.376 e. The number of aryl methyl sites for hydroxylation is 2. The van der Waals surface area contributed by atoms with E-state index in [4.69, 9.17) is 26.5 Å². The predicted octanol–water partition coefficient (Wildman–Crippen LogP) is 5.45. The third kappa shape index (κ3) is 4.50. The van der Waals surface area contributed by atoms with Gasteiger partial charge in [-0.2, -0.15) is 4.98 Å². The minimum Gasteiger partial charge on any atom is -0.376 e. The first-order valence-electron chi connectivity index (χ1n) is 11.9. The van der Waals surface area contributed by atoms with Gasteiger partial charge in [-0.1, -0.05) is 66.2 Å². The van der Waals surface area contributed by atoms with Crippen molar-refractivity contribution < 1.29 is 9.26 Å². The van der Waals surface area contributed by atoms with E-state index in [0.717, 1.165) is 48.3 Å². The predicted molar refractivity (Wildman–Crippen MR) is 137 cm³/mol. The molecule has 7 heteroatoms. The molecular weight excluding hydrogens is 444 g/mol. The summed E-state index contributed by atoms with van der Waals surface area (Å²) in [6.07, 6.45) is 3.30. The van der Waals surface area contributed by atoms with E-state index in [1.807, 2.05) is 12.1 Å². The monoisotopic (exact) mass is 474 g/mol. The average Bonchev–Trinajstić information content (AvgIpc) is 3.54. The van der Waals surface area contributed by atoms with Gasteiger partial charge >= 0.3 is 0 Å². The van der Waals surface area contributed by atoms with Crippen molar-refractivity contribution in [1.82, 2.24) is 20.4 Å². The van der Waals surface area contributed by atoms with Crippen molar-refractivity contribution in [2.75, 3.05) is 13.2 Å². The summed E-state index contributed by atoms with van der Waals surface area (Å²) < 4.78 is 11.7. The van der Waals surface area contributed by atoms with Crippen LogP contribution < -0.4 is 5.32 Å². The van der Waals surface area contributed by atoms with Crippen LogP contribution >= 0.6 is 12.2 Å². The molecule has 2 aromatic carbocycles. The fourth-order valence-electron chi connectivity index (χ4n) is 4.62. The van der Waals surface area contributed by atoms with Gasteiger partial charge in [0.2, 0.25) is 5.82 Å². The Balaban J connectivity index is 1.55. The molecule has 0 amide bonds. The molecule has 0 spiro atoms. The van der Waals surface area contributed by atoms with Crippen LogP contribution in [-0.2, 0) is 11.2 Å². The van der Waals surface area contributed by atoms with Crippen molar-refractivity contribution in [1.29, 1.82) is 0 Å². The Kier molecular flexibility index (Phi) is 6.48. The number of ether oxygens (including phenoxy) is 1. The van der Waals surface area contributed by atoms with Gasteiger partial charge in [0.15, 0.2) is 5.11 Å². The van der Waals surface area contributed by atoms with Gasteiger partial charge in [-0.3, -0.25) is 0 Å². The van der Waals surface area contributed by atoms with Crippen LogP contribution in [0.15, 0.2) is 58.8 Å². The molecule has 0 aliphatic carbocycles. The second-order valence-corrected chi connectivity index (χ2v) is 9.40. The topological polar surface area (TPSA) is 63.4 Å². The number of thiocarbonyl (C=S) groups is 1. The van der Waals surface area contributed by atoms with Crippen LogP contribution in [0.3, 0.4) is 0 Å². The fourth-order valence-corrected chi connectivity index (χ4v) is 4.95. The standard InChI is InChI=1S/C27H30N4O2S/c1-4-19-9-13-20(14-10-19)24-23(18(3)31(27(34)28-24)16-22-6-5-15-32-22)26-29-25(30-33-26)21-11-7-17(2)8-12-21/h7-14,22,24H,4-6,15-16H2,1-3H3,(H,28,34). The van der Waals surface area contributed by atoms with Crippen LogP contribution in [-0.4, -0.2) is 39.4 Å². The molecule has 5 rings (SSSR count). The molecule has 6 nitrogen and oxygen atoms in total. The molecule has 34 heavy (non-hydrogen) atoms. The second kappa shape index (κ2) is 9.68. The summed E-state index contributed by atoms with van der Waals surface area (Å²) in [6, 6.07) is 16.6. The fraction of sp³-hybridized carbons (Fsp3) is 0.370. The van der Waals surface area contributed by atoms with Crippen LogP contribution in [0.2, 0.25) is 0 Å². The van der Waals surface area contributed by atoms with Gasteiger partial charge in [0.05, 0.1) is 24.3 Å². The molecule has 3 heterocycles. The number of aromatic nitrogens is 2. The first-order valence-corrected chi connectivity index (χ1v) is 12.3. The van der Waals surface area contributed by atoms with Gasteiger partial charge in [0.25, 0.3) is 5.89 Å². The highest BCUT2D eigenvalue weighted by Gasteiger charge is 2.35. The quantitative estimate of drug-likeness (QED) is 0.477. The molecule has 2 atom stereocenters. The molecule has 1 fully saturated rings. The molecule has 2 aliphatic heterocycles. The number of rotatable bonds is 6. The van der Waals surface area contributed by atoms with Crippen molar-refractivity contribution >= 4 is 22.9 Å². The lowest BCUT2D eigenvalue weighted by Gasteiger charge is -2.38. The van der Waals surface area contributed by atoms with Crippen molar-refractivity contribution in [3.8, 4) is 11.4 Å². The first kappa shape index (κ1) is 22.7. The van der Waals surface area contributed by atoms with E-state index in [9.17, 15) is 0 Å². The smallest absolute Gasteiger partial charge is 0.258 e. The lowest BCUT2D eigenvalue weighted by molar-refractivity contribution is 0.0962. The van der Waals surface area contributed by atoms with E-state index in [1.165, 1.54) is 11.1 Å². The van der Waals surface area contributed by atoms with Crippen molar-refractivity contribution in [3.05, 3.63) is 76.8 Å². The number of nitrogens with zero attached hydrogens (tertiary/aromatic N) is 3. The highest BCUT2D eigenvalue weighted by Crippen LogP contribution is 2.38. The summed E-state index contributed by atoms with van der Waals surface area (Å²) in [7, 11) is 0. The van der Waals surface area contributed by atoms with Crippen molar-refractivity contribution in [2.24, 2.45) is 0 Å². The summed E-state index contributed by atoms with van der Waals surface area (Å²) in [5.41, 5.74) is 6.49. The zero-order chi connectivity index (χ0) is 23.7. The van der Waals surface area contributed by atoms with Gasteiger partial charge in [-0.05, 0) is 56.5 Å². The zero-order valence-corrected chi connectivity index (χ0v) is 20.7. The Hall–Kier alpha value is -3.03. The molecule has 0 saturated carbocycles. The molecule has 1 saturated heterocycles. The van der Waals surface area contributed by atoms with Crippen LogP contribution in [0, 0.1) is 6.92 Å². The summed E-state index contributed by atoms with van der Waals surface area (Å²) in [4.78, 5) is 6.93. The third-order valence-corrected chi connectivity index (χ3v) is 7.03. The minimum absolute atomic E-state index is 0.169. The summed E-state index contributed by atoms with van der Waals surface area (Å²) in [5, 5.41) is 8.54. The molecular formula is C27H30N4O2S. The lowest BCUT2D eigenvalue weighted by Crippen LogP contribution is -2.48. The number of allylic oxidation sites excluding steroid dienone is 1. The van der Waals surface area contributed by atoms with Gasteiger partial charge < -0.3 is 19.5 Å². The average molecular weight is 475 g/mol. The Morgan fingerprint density at radius 2 is 1.85 bits per heavy atom. The van der Waals surface area contributed by atoms with E-state index in [-0.39, 0.29) is 12.1 Å². The molecule has 0 bridgehead atoms. The van der Waals surface area contributed by atoms with Crippen LogP contribution in [0.25, 0.3) is 17.0 Å². The third-order valence-electron chi connectivity index (χ3n) is 6.69. The van der Waals surface area contributed by atoms with Gasteiger partial charge in [-0.25, -0.2) is 0 Å². The van der Waals surface area contributed by atoms with Crippen LogP contribution in [0.4, 0.5) is 0 Å². The first-order chi connectivity index (χ1) is 16.5. The molecule has 2 aliphatic rings. The highest BCUT2D eigenvalue weighted by atomic mass is 32.1. The van der Waals surface area contributed by atoms with Gasteiger partial charge in [0.1, 0.15) is 0 Å². The molecule has 2 unspecified atom stereocenters. The number of hydrogen-bond donors (Lipinski definition) is 1. The SMILES string of the molecule is CCc1ccc(C2NC(=S)N(CC3CCCO3)C(C)=C2c2nc(-c3ccc(C)cc3)no2)cc1. The lowest BCUT2D eigenvalue weighted by atomic mass is 9.93. The van der Waals surface area contributed by atoms with Crippen LogP contribution in [0.1, 0.15) is 55.3 Å². The zero-order valence-electron chi connectivity index (χ0n) is 19.9. The highest BCUT2D eigenvalue weighted by molar-refractivity contribution is 7.80. The van der Waals surface area contributed by atoms with Crippen molar-refractivity contribution in [2.45, 2.75) is 52.2 Å². The number of benzene rings is 2. The molecule has 0 radical (unpaired) electrons. The normalized spacial score (nSPS) is 20.7. The minimum atomic E-state index is -0.175. The number of nitrogens with one attached hydrogen (secondary N) is 1. The maximum absolute atomic E-state index is 5.90. The molecule has 3 aromatic rings. The van der Waals surface area contributed by atoms with E-state index < -0.39 is 0 Å². The molecule has 176 valence electrons. The van der Waals surface area contributed by atoms with Crippen LogP contribution in [0.5, 0.6) is 0 Å². The van der Waals surface area contributed by atoms with Gasteiger partial charge in [0, 0.05) is 17.9 Å². The summed E-state index contributed by atoms with van der Waals surface area (Å²) in [5.74, 6) is 1.08. The van der Waals surface area contributed by atoms with E-state index >= 15 is 0 Å². The van der Waals surface area contributed by atoms with E-state index in [2.05, 4.69) is 72.5 Å². The Bertz CT molecular complexity index is 1190. The Morgan fingerprint density at radius 3 is 2.53 bits per heavy atom. The molecule has 1 N–H and O–H groups in total. The number of hydrogen-bond acceptors (Lipinski definition) is 5. The summed E-state index contributed by atoms with van der Waals surface area (Å²) in [6.45, 7) is 7.83.